The van der Waals surface area contributed by atoms with E-state index in [4.69, 9.17) is 5.73 Å². The van der Waals surface area contributed by atoms with E-state index in [-0.39, 0.29) is 6.10 Å². The van der Waals surface area contributed by atoms with Crippen molar-refractivity contribution < 1.29 is 5.11 Å². The number of aliphatic hydroxyl groups is 1. The van der Waals surface area contributed by atoms with Crippen molar-refractivity contribution >= 4 is 16.9 Å². The SMILES string of the molecule is CCC(CC)C1CN(Cc2c[nH]c3c(N)ncnc23)C[C@@H]1O. The minimum absolute atomic E-state index is 0.227. The summed E-state index contributed by atoms with van der Waals surface area (Å²) in [5, 5.41) is 10.4. The molecule has 0 aliphatic carbocycles. The minimum atomic E-state index is -0.227. The molecule has 22 heavy (non-hydrogen) atoms. The first kappa shape index (κ1) is 15.2. The fourth-order valence-electron chi connectivity index (χ4n) is 3.75. The Labute approximate surface area is 130 Å². The number of nitrogens with zero attached hydrogens (tertiary/aromatic N) is 3. The molecule has 0 spiro atoms. The van der Waals surface area contributed by atoms with E-state index < -0.39 is 0 Å². The van der Waals surface area contributed by atoms with Gasteiger partial charge in [-0.25, -0.2) is 9.97 Å². The van der Waals surface area contributed by atoms with Gasteiger partial charge < -0.3 is 15.8 Å². The Morgan fingerprint density at radius 1 is 1.36 bits per heavy atom. The number of nitrogens with two attached hydrogens (primary N) is 1. The third kappa shape index (κ3) is 2.68. The van der Waals surface area contributed by atoms with Crippen LogP contribution in [0.1, 0.15) is 32.3 Å². The van der Waals surface area contributed by atoms with Crippen molar-refractivity contribution in [2.75, 3.05) is 18.8 Å². The zero-order valence-electron chi connectivity index (χ0n) is 13.3. The molecule has 1 unspecified atom stereocenters. The monoisotopic (exact) mass is 303 g/mol. The number of fused-ring (bicyclic) bond motifs is 1. The highest BCUT2D eigenvalue weighted by atomic mass is 16.3. The minimum Gasteiger partial charge on any atom is -0.391 e. The first-order valence-corrected chi connectivity index (χ1v) is 8.10. The molecule has 1 aliphatic heterocycles. The van der Waals surface area contributed by atoms with Crippen LogP contribution >= 0.6 is 0 Å². The van der Waals surface area contributed by atoms with Crippen molar-refractivity contribution in [1.29, 1.82) is 0 Å². The number of nitrogen functional groups attached to an aromatic ring is 1. The summed E-state index contributed by atoms with van der Waals surface area (Å²) in [5.41, 5.74) is 8.66. The molecule has 0 saturated carbocycles. The predicted molar refractivity (Wildman–Crippen MR) is 87.1 cm³/mol. The molecule has 0 aromatic carbocycles. The summed E-state index contributed by atoms with van der Waals surface area (Å²) in [6.45, 7) is 6.88. The molecule has 6 heteroatoms. The molecule has 1 aliphatic rings. The summed E-state index contributed by atoms with van der Waals surface area (Å²) >= 11 is 0. The fourth-order valence-corrected chi connectivity index (χ4v) is 3.75. The van der Waals surface area contributed by atoms with Crippen LogP contribution < -0.4 is 5.73 Å². The fraction of sp³-hybridized carbons (Fsp3) is 0.625. The summed E-state index contributed by atoms with van der Waals surface area (Å²) in [6.07, 6.45) is 5.48. The second-order valence-corrected chi connectivity index (χ2v) is 6.30. The lowest BCUT2D eigenvalue weighted by atomic mass is 9.86. The van der Waals surface area contributed by atoms with Crippen molar-refractivity contribution in [2.45, 2.75) is 39.3 Å². The van der Waals surface area contributed by atoms with Gasteiger partial charge in [0.15, 0.2) is 5.82 Å². The maximum atomic E-state index is 10.4. The summed E-state index contributed by atoms with van der Waals surface area (Å²) in [5.74, 6) is 1.45. The van der Waals surface area contributed by atoms with E-state index in [1.54, 1.807) is 0 Å². The Morgan fingerprint density at radius 3 is 2.86 bits per heavy atom. The number of rotatable bonds is 5. The molecule has 3 rings (SSSR count). The molecule has 0 bridgehead atoms. The number of β-amino-alcohol motifs (C(OH)–C–C–N with tert-alkyl or cyclic N) is 1. The number of hydrogen-bond acceptors (Lipinski definition) is 5. The number of likely N-dealkylation sites (tertiary alicyclic amines) is 1. The van der Waals surface area contributed by atoms with Crippen LogP contribution in [0.25, 0.3) is 11.0 Å². The molecular weight excluding hydrogens is 278 g/mol. The maximum Gasteiger partial charge on any atom is 0.151 e. The number of aromatic amines is 1. The normalized spacial score (nSPS) is 22.9. The van der Waals surface area contributed by atoms with E-state index in [0.29, 0.717) is 17.7 Å². The van der Waals surface area contributed by atoms with E-state index in [0.717, 1.165) is 49.1 Å². The average Bonchev–Trinajstić information content (AvgIpc) is 3.07. The van der Waals surface area contributed by atoms with E-state index in [1.165, 1.54) is 6.33 Å². The summed E-state index contributed by atoms with van der Waals surface area (Å²) in [4.78, 5) is 13.8. The molecule has 0 radical (unpaired) electrons. The molecule has 1 fully saturated rings. The Morgan fingerprint density at radius 2 is 2.14 bits per heavy atom. The third-order valence-corrected chi connectivity index (χ3v) is 5.03. The molecule has 2 atom stereocenters. The largest absolute Gasteiger partial charge is 0.391 e. The lowest BCUT2D eigenvalue weighted by molar-refractivity contribution is 0.108. The molecule has 2 aromatic heterocycles. The Kier molecular flexibility index (Phi) is 4.31. The first-order chi connectivity index (χ1) is 10.6. The van der Waals surface area contributed by atoms with Gasteiger partial charge in [-0.15, -0.1) is 0 Å². The van der Waals surface area contributed by atoms with Gasteiger partial charge in [-0.1, -0.05) is 26.7 Å². The van der Waals surface area contributed by atoms with Crippen molar-refractivity contribution in [3.8, 4) is 0 Å². The van der Waals surface area contributed by atoms with Gasteiger partial charge in [-0.3, -0.25) is 4.90 Å². The van der Waals surface area contributed by atoms with Crippen molar-refractivity contribution in [3.05, 3.63) is 18.1 Å². The van der Waals surface area contributed by atoms with Gasteiger partial charge in [0, 0.05) is 37.3 Å². The lowest BCUT2D eigenvalue weighted by Crippen LogP contribution is -2.25. The zero-order valence-corrected chi connectivity index (χ0v) is 13.3. The number of anilines is 1. The van der Waals surface area contributed by atoms with E-state index >= 15 is 0 Å². The number of aromatic nitrogens is 3. The second-order valence-electron chi connectivity index (χ2n) is 6.30. The predicted octanol–water partition coefficient (Wildman–Crippen LogP) is 1.77. The third-order valence-electron chi connectivity index (χ3n) is 5.03. The molecule has 6 nitrogen and oxygen atoms in total. The summed E-state index contributed by atoms with van der Waals surface area (Å²) in [7, 11) is 0. The molecule has 120 valence electrons. The first-order valence-electron chi connectivity index (χ1n) is 8.10. The topological polar surface area (TPSA) is 91.1 Å². The smallest absolute Gasteiger partial charge is 0.151 e. The van der Waals surface area contributed by atoms with Crippen LogP contribution in [0.2, 0.25) is 0 Å². The van der Waals surface area contributed by atoms with Crippen molar-refractivity contribution in [2.24, 2.45) is 11.8 Å². The molecule has 1 saturated heterocycles. The molecular formula is C16H25N5O. The van der Waals surface area contributed by atoms with Gasteiger partial charge in [0.1, 0.15) is 11.8 Å². The lowest BCUT2D eigenvalue weighted by Gasteiger charge is -2.23. The van der Waals surface area contributed by atoms with Crippen LogP contribution in [-0.2, 0) is 6.54 Å². The number of H-pyrrole nitrogens is 1. The van der Waals surface area contributed by atoms with E-state index in [9.17, 15) is 5.11 Å². The van der Waals surface area contributed by atoms with Gasteiger partial charge in [-0.2, -0.15) is 0 Å². The number of nitrogens with one attached hydrogen (secondary N) is 1. The van der Waals surface area contributed by atoms with Crippen molar-refractivity contribution in [3.63, 3.8) is 0 Å². The number of hydrogen-bond donors (Lipinski definition) is 3. The van der Waals surface area contributed by atoms with Crippen LogP contribution in [0.5, 0.6) is 0 Å². The Bertz CT molecular complexity index is 636. The quantitative estimate of drug-likeness (QED) is 0.783. The van der Waals surface area contributed by atoms with Crippen LogP contribution in [0.15, 0.2) is 12.5 Å². The molecule has 0 amide bonds. The zero-order chi connectivity index (χ0) is 15.7. The standard InChI is InChI=1S/C16H25N5O/c1-3-10(4-2)12-7-21(8-13(12)22)6-11-5-18-15-14(11)19-9-20-16(15)17/h5,9-10,12-13,18,22H,3-4,6-8H2,1-2H3,(H2,17,19,20)/t12?,13-/m0/s1. The van der Waals surface area contributed by atoms with Crippen LogP contribution in [0, 0.1) is 11.8 Å². The van der Waals surface area contributed by atoms with Gasteiger partial charge in [0.2, 0.25) is 0 Å². The van der Waals surface area contributed by atoms with Crippen LogP contribution in [0.3, 0.4) is 0 Å². The Hall–Kier alpha value is -1.66. The highest BCUT2D eigenvalue weighted by molar-refractivity contribution is 5.86. The molecule has 2 aromatic rings. The number of aliphatic hydroxyl groups excluding tert-OH is 1. The molecule has 4 N–H and O–H groups in total. The summed E-state index contributed by atoms with van der Waals surface area (Å²) in [6, 6.07) is 0. The van der Waals surface area contributed by atoms with Crippen molar-refractivity contribution in [1.82, 2.24) is 19.9 Å². The summed E-state index contributed by atoms with van der Waals surface area (Å²) < 4.78 is 0. The maximum absolute atomic E-state index is 10.4. The molecule has 3 heterocycles. The highest BCUT2D eigenvalue weighted by Gasteiger charge is 2.35. The van der Waals surface area contributed by atoms with E-state index in [2.05, 4.69) is 33.7 Å². The van der Waals surface area contributed by atoms with Gasteiger partial charge in [-0.05, 0) is 5.92 Å². The second kappa shape index (κ2) is 6.22. The van der Waals surface area contributed by atoms with Crippen LogP contribution in [0.4, 0.5) is 5.82 Å². The van der Waals surface area contributed by atoms with E-state index in [1.807, 2.05) is 6.20 Å². The van der Waals surface area contributed by atoms with Gasteiger partial charge in [0.25, 0.3) is 0 Å². The Balaban J connectivity index is 1.75. The van der Waals surface area contributed by atoms with Crippen LogP contribution in [-0.4, -0.2) is 44.2 Å². The van der Waals surface area contributed by atoms with Gasteiger partial charge >= 0.3 is 0 Å². The van der Waals surface area contributed by atoms with Gasteiger partial charge in [0.05, 0.1) is 11.6 Å². The highest BCUT2D eigenvalue weighted by Crippen LogP contribution is 2.31. The average molecular weight is 303 g/mol.